The molecule has 1 aliphatic heterocycles. The Labute approximate surface area is 169 Å². The average Bonchev–Trinajstić information content (AvgIpc) is 3.34. The third-order valence-electron chi connectivity index (χ3n) is 4.86. The van der Waals surface area contributed by atoms with E-state index in [-0.39, 0.29) is 5.91 Å². The Morgan fingerprint density at radius 1 is 1.07 bits per heavy atom. The largest absolute Gasteiger partial charge is 0.455 e. The van der Waals surface area contributed by atoms with Gasteiger partial charge in [0.25, 0.3) is 5.91 Å². The summed E-state index contributed by atoms with van der Waals surface area (Å²) in [6.07, 6.45) is 7.19. The topological polar surface area (TPSA) is 63.3 Å². The molecule has 0 unspecified atom stereocenters. The smallest absolute Gasteiger partial charge is 0.291 e. The second kappa shape index (κ2) is 8.63. The molecule has 0 spiro atoms. The van der Waals surface area contributed by atoms with Crippen molar-refractivity contribution in [2.24, 2.45) is 0 Å². The van der Waals surface area contributed by atoms with Crippen LogP contribution in [0.2, 0.25) is 5.02 Å². The van der Waals surface area contributed by atoms with Crippen LogP contribution in [0.3, 0.4) is 0 Å². The van der Waals surface area contributed by atoms with Gasteiger partial charge in [0.2, 0.25) is 0 Å². The molecule has 1 amide bonds. The first-order valence-corrected chi connectivity index (χ1v) is 9.93. The van der Waals surface area contributed by atoms with Crippen LogP contribution in [0.4, 0.5) is 5.69 Å². The minimum Gasteiger partial charge on any atom is -0.455 e. The number of likely N-dealkylation sites (tertiary alicyclic amines) is 1. The zero-order valence-corrected chi connectivity index (χ0v) is 16.4. The molecule has 3 heterocycles. The molecule has 0 saturated carbocycles. The predicted octanol–water partition coefficient (Wildman–Crippen LogP) is 4.42. The molecule has 7 heteroatoms. The number of halogens is 1. The van der Waals surface area contributed by atoms with E-state index in [1.807, 2.05) is 30.3 Å². The Hall–Kier alpha value is -2.57. The Morgan fingerprint density at radius 3 is 2.64 bits per heavy atom. The van der Waals surface area contributed by atoms with Crippen molar-refractivity contribution < 1.29 is 9.21 Å². The second-order valence-corrected chi connectivity index (χ2v) is 7.55. The maximum absolute atomic E-state index is 12.5. The van der Waals surface area contributed by atoms with Crippen LogP contribution in [-0.2, 0) is 13.1 Å². The number of benzene rings is 1. The van der Waals surface area contributed by atoms with E-state index in [4.69, 9.17) is 16.0 Å². The SMILES string of the molecule is O=C(Nc1cnn(Cc2ccc(Cl)cc2)c1)c1ccc(CN2CCCCC2)o1. The lowest BCUT2D eigenvalue weighted by atomic mass is 10.1. The molecular weight excluding hydrogens is 376 g/mol. The van der Waals surface area contributed by atoms with E-state index >= 15 is 0 Å². The van der Waals surface area contributed by atoms with Crippen molar-refractivity contribution in [3.63, 3.8) is 0 Å². The van der Waals surface area contributed by atoms with Gasteiger partial charge in [0.15, 0.2) is 5.76 Å². The van der Waals surface area contributed by atoms with Crippen LogP contribution in [0.15, 0.2) is 53.2 Å². The van der Waals surface area contributed by atoms with E-state index in [0.717, 1.165) is 31.0 Å². The van der Waals surface area contributed by atoms with Gasteiger partial charge in [0.1, 0.15) is 5.76 Å². The number of carbonyl (C=O) groups is 1. The first kappa shape index (κ1) is 18.8. The highest BCUT2D eigenvalue weighted by Crippen LogP contribution is 2.17. The van der Waals surface area contributed by atoms with Gasteiger partial charge in [0, 0.05) is 11.2 Å². The predicted molar refractivity (Wildman–Crippen MR) is 109 cm³/mol. The van der Waals surface area contributed by atoms with Crippen molar-refractivity contribution in [3.8, 4) is 0 Å². The summed E-state index contributed by atoms with van der Waals surface area (Å²) in [7, 11) is 0. The van der Waals surface area contributed by atoms with Gasteiger partial charge in [-0.3, -0.25) is 14.4 Å². The summed E-state index contributed by atoms with van der Waals surface area (Å²) < 4.78 is 7.51. The summed E-state index contributed by atoms with van der Waals surface area (Å²) in [5.41, 5.74) is 1.71. The van der Waals surface area contributed by atoms with Crippen molar-refractivity contribution in [3.05, 3.63) is 70.9 Å². The quantitative estimate of drug-likeness (QED) is 0.667. The van der Waals surface area contributed by atoms with E-state index < -0.39 is 0 Å². The molecule has 3 aromatic rings. The molecule has 0 radical (unpaired) electrons. The van der Waals surface area contributed by atoms with Gasteiger partial charge >= 0.3 is 0 Å². The van der Waals surface area contributed by atoms with Gasteiger partial charge in [-0.2, -0.15) is 5.10 Å². The van der Waals surface area contributed by atoms with Crippen molar-refractivity contribution in [2.75, 3.05) is 18.4 Å². The Balaban J connectivity index is 1.33. The highest BCUT2D eigenvalue weighted by atomic mass is 35.5. The fourth-order valence-corrected chi connectivity index (χ4v) is 3.53. The number of nitrogens with one attached hydrogen (secondary N) is 1. The molecular formula is C21H23ClN4O2. The number of piperidine rings is 1. The summed E-state index contributed by atoms with van der Waals surface area (Å²) in [6.45, 7) is 3.55. The van der Waals surface area contributed by atoms with E-state index in [1.165, 1.54) is 19.3 Å². The summed E-state index contributed by atoms with van der Waals surface area (Å²) in [5, 5.41) is 7.84. The maximum atomic E-state index is 12.5. The molecule has 1 aromatic carbocycles. The van der Waals surface area contributed by atoms with Crippen molar-refractivity contribution in [2.45, 2.75) is 32.4 Å². The fraction of sp³-hybridized carbons (Fsp3) is 0.333. The van der Waals surface area contributed by atoms with Gasteiger partial charge in [-0.25, -0.2) is 0 Å². The molecule has 2 aromatic heterocycles. The third-order valence-corrected chi connectivity index (χ3v) is 5.11. The average molecular weight is 399 g/mol. The van der Waals surface area contributed by atoms with E-state index in [1.54, 1.807) is 23.1 Å². The van der Waals surface area contributed by atoms with Crippen LogP contribution in [0, 0.1) is 0 Å². The van der Waals surface area contributed by atoms with Gasteiger partial charge < -0.3 is 9.73 Å². The molecule has 146 valence electrons. The number of hydrogen-bond acceptors (Lipinski definition) is 4. The Bertz CT molecular complexity index is 926. The molecule has 1 N–H and O–H groups in total. The zero-order chi connectivity index (χ0) is 19.3. The van der Waals surface area contributed by atoms with Crippen LogP contribution in [-0.4, -0.2) is 33.7 Å². The summed E-state index contributed by atoms with van der Waals surface area (Å²) in [5.74, 6) is 0.874. The van der Waals surface area contributed by atoms with Crippen molar-refractivity contribution >= 4 is 23.2 Å². The molecule has 4 rings (SSSR count). The molecule has 1 saturated heterocycles. The standard InChI is InChI=1S/C21H23ClN4O2/c22-17-6-4-16(5-7-17)13-26-14-18(12-23-26)24-21(27)20-9-8-19(28-20)15-25-10-2-1-3-11-25/h4-9,12,14H,1-3,10-11,13,15H2,(H,24,27). The number of amides is 1. The minimum atomic E-state index is -0.268. The Kier molecular flexibility index (Phi) is 5.78. The van der Waals surface area contributed by atoms with Crippen LogP contribution >= 0.6 is 11.6 Å². The van der Waals surface area contributed by atoms with Crippen LogP contribution in [0.1, 0.15) is 41.1 Å². The van der Waals surface area contributed by atoms with E-state index in [9.17, 15) is 4.79 Å². The van der Waals surface area contributed by atoms with Gasteiger partial charge in [0.05, 0.1) is 25.0 Å². The summed E-state index contributed by atoms with van der Waals surface area (Å²) >= 11 is 5.91. The van der Waals surface area contributed by atoms with Gasteiger partial charge in [-0.1, -0.05) is 30.2 Å². The molecule has 0 aliphatic carbocycles. The number of furan rings is 1. The lowest BCUT2D eigenvalue weighted by Crippen LogP contribution is -2.28. The van der Waals surface area contributed by atoms with E-state index in [2.05, 4.69) is 15.3 Å². The normalized spacial score (nSPS) is 14.9. The highest BCUT2D eigenvalue weighted by molar-refractivity contribution is 6.30. The first-order valence-electron chi connectivity index (χ1n) is 9.55. The number of anilines is 1. The lowest BCUT2D eigenvalue weighted by Gasteiger charge is -2.25. The summed E-state index contributed by atoms with van der Waals surface area (Å²) in [6, 6.07) is 11.2. The minimum absolute atomic E-state index is 0.268. The number of carbonyl (C=O) groups excluding carboxylic acids is 1. The molecule has 0 bridgehead atoms. The molecule has 28 heavy (non-hydrogen) atoms. The van der Waals surface area contributed by atoms with E-state index in [0.29, 0.717) is 23.0 Å². The number of hydrogen-bond donors (Lipinski definition) is 1. The van der Waals surface area contributed by atoms with Gasteiger partial charge in [-0.15, -0.1) is 0 Å². The highest BCUT2D eigenvalue weighted by Gasteiger charge is 2.16. The zero-order valence-electron chi connectivity index (χ0n) is 15.6. The maximum Gasteiger partial charge on any atom is 0.291 e. The van der Waals surface area contributed by atoms with Crippen LogP contribution < -0.4 is 5.32 Å². The molecule has 0 atom stereocenters. The second-order valence-electron chi connectivity index (χ2n) is 7.11. The van der Waals surface area contributed by atoms with Crippen molar-refractivity contribution in [1.82, 2.24) is 14.7 Å². The Morgan fingerprint density at radius 2 is 1.86 bits per heavy atom. The molecule has 6 nitrogen and oxygen atoms in total. The molecule has 1 aliphatic rings. The fourth-order valence-electron chi connectivity index (χ4n) is 3.41. The first-order chi connectivity index (χ1) is 13.7. The monoisotopic (exact) mass is 398 g/mol. The number of rotatable bonds is 6. The molecule has 1 fully saturated rings. The van der Waals surface area contributed by atoms with Crippen LogP contribution in [0.25, 0.3) is 0 Å². The number of aromatic nitrogens is 2. The van der Waals surface area contributed by atoms with Crippen LogP contribution in [0.5, 0.6) is 0 Å². The third kappa shape index (κ3) is 4.82. The van der Waals surface area contributed by atoms with Crippen molar-refractivity contribution in [1.29, 1.82) is 0 Å². The lowest BCUT2D eigenvalue weighted by molar-refractivity contribution is 0.0992. The van der Waals surface area contributed by atoms with Gasteiger partial charge in [-0.05, 0) is 55.8 Å². The summed E-state index contributed by atoms with van der Waals surface area (Å²) in [4.78, 5) is 14.8. The number of nitrogens with zero attached hydrogens (tertiary/aromatic N) is 3.